The third-order valence-corrected chi connectivity index (χ3v) is 10.2. The van der Waals surface area contributed by atoms with Gasteiger partial charge in [-0.2, -0.15) is 13.5 Å². The lowest BCUT2D eigenvalue weighted by atomic mass is 9.93. The summed E-state index contributed by atoms with van der Waals surface area (Å²) in [5.74, 6) is -4.08. The number of fused-ring (bicyclic) bond motifs is 3. The highest BCUT2D eigenvalue weighted by molar-refractivity contribution is 9.10. The molecule has 2 heterocycles. The van der Waals surface area contributed by atoms with Crippen LogP contribution in [-0.4, -0.2) is 68.5 Å². The van der Waals surface area contributed by atoms with Crippen LogP contribution >= 0.6 is 15.9 Å². The first-order chi connectivity index (χ1) is 19.8. The molecule has 0 saturated carbocycles. The highest BCUT2D eigenvalue weighted by Crippen LogP contribution is 2.41. The number of halogens is 3. The van der Waals surface area contributed by atoms with Gasteiger partial charge >= 0.3 is 0 Å². The van der Waals surface area contributed by atoms with Crippen molar-refractivity contribution in [3.63, 3.8) is 0 Å². The average molecular weight is 665 g/mol. The highest BCUT2D eigenvalue weighted by atomic mass is 79.9. The maximum Gasteiger partial charge on any atom is 0.298 e. The Bertz CT molecular complexity index is 1550. The van der Waals surface area contributed by atoms with Crippen molar-refractivity contribution in [3.05, 3.63) is 70.7 Å². The summed E-state index contributed by atoms with van der Waals surface area (Å²) in [4.78, 5) is 17.5. The van der Waals surface area contributed by atoms with Gasteiger partial charge in [0, 0.05) is 28.2 Å². The lowest BCUT2D eigenvalue weighted by Crippen LogP contribution is -2.61. The van der Waals surface area contributed by atoms with Crippen LogP contribution < -0.4 is 9.46 Å². The van der Waals surface area contributed by atoms with E-state index in [0.717, 1.165) is 5.39 Å². The molecule has 2 aliphatic heterocycles. The molecule has 2 unspecified atom stereocenters. The van der Waals surface area contributed by atoms with E-state index in [1.54, 1.807) is 24.3 Å². The Kier molecular flexibility index (Phi) is 8.68. The smallest absolute Gasteiger partial charge is 0.298 e. The number of nitrogens with one attached hydrogen (secondary N) is 1. The van der Waals surface area contributed by atoms with Gasteiger partial charge in [0.2, 0.25) is 15.9 Å². The second-order valence-corrected chi connectivity index (χ2v) is 14.4. The molecule has 3 atom stereocenters. The van der Waals surface area contributed by atoms with E-state index < -0.39 is 33.5 Å². The van der Waals surface area contributed by atoms with Gasteiger partial charge in [-0.05, 0) is 101 Å². The fraction of sp³-hybridized carbons (Fsp3) is 0.452. The first kappa shape index (κ1) is 30.8. The molecule has 0 radical (unpaired) electrons. The van der Waals surface area contributed by atoms with Crippen molar-refractivity contribution in [2.45, 2.75) is 80.6 Å². The molecule has 226 valence electrons. The molecule has 5 rings (SSSR count). The summed E-state index contributed by atoms with van der Waals surface area (Å²) in [6.07, 6.45) is 2.70. The largest absolute Gasteiger partial charge is 0.491 e. The van der Waals surface area contributed by atoms with Crippen molar-refractivity contribution in [2.24, 2.45) is 0 Å². The van der Waals surface area contributed by atoms with Crippen molar-refractivity contribution < 1.29 is 26.7 Å². The Labute approximate surface area is 254 Å². The number of hydrogen-bond acceptors (Lipinski definition) is 5. The maximum atomic E-state index is 16.3. The zero-order chi connectivity index (χ0) is 30.4. The van der Waals surface area contributed by atoms with Gasteiger partial charge in [-0.1, -0.05) is 40.2 Å². The Morgan fingerprint density at radius 2 is 1.60 bits per heavy atom. The normalized spacial score (nSPS) is 21.7. The average Bonchev–Trinajstić information content (AvgIpc) is 3.19. The van der Waals surface area contributed by atoms with Crippen LogP contribution in [0.4, 0.5) is 8.78 Å². The number of ether oxygens (including phenoxy) is 1. The molecule has 42 heavy (non-hydrogen) atoms. The van der Waals surface area contributed by atoms with Crippen LogP contribution in [0.15, 0.2) is 70.0 Å². The van der Waals surface area contributed by atoms with E-state index in [9.17, 15) is 13.2 Å². The first-order valence-corrected chi connectivity index (χ1v) is 16.4. The Hall–Kier alpha value is -2.60. The van der Waals surface area contributed by atoms with Crippen LogP contribution in [0.2, 0.25) is 0 Å². The van der Waals surface area contributed by atoms with E-state index in [4.69, 9.17) is 4.74 Å². The minimum absolute atomic E-state index is 0.0305. The second-order valence-electron chi connectivity index (χ2n) is 11.7. The third-order valence-electron chi connectivity index (χ3n) is 8.27. The van der Waals surface area contributed by atoms with Gasteiger partial charge in [-0.15, -0.1) is 0 Å². The van der Waals surface area contributed by atoms with Gasteiger partial charge in [0.15, 0.2) is 6.04 Å². The summed E-state index contributed by atoms with van der Waals surface area (Å²) in [5.41, 5.74) is -0.446. The molecule has 7 nitrogen and oxygen atoms in total. The number of alkyl halides is 2. The van der Waals surface area contributed by atoms with Crippen LogP contribution in [0.1, 0.15) is 45.1 Å². The van der Waals surface area contributed by atoms with Crippen molar-refractivity contribution >= 4 is 42.6 Å². The second kappa shape index (κ2) is 11.8. The number of hydrogen-bond donors (Lipinski definition) is 1. The molecule has 2 fully saturated rings. The maximum absolute atomic E-state index is 16.3. The molecule has 0 spiro atoms. The Morgan fingerprint density at radius 1 is 1.00 bits per heavy atom. The van der Waals surface area contributed by atoms with Crippen LogP contribution in [0, 0.1) is 0 Å². The molecule has 3 aromatic rings. The van der Waals surface area contributed by atoms with E-state index in [1.165, 1.54) is 41.3 Å². The topological polar surface area (TPSA) is 78.9 Å². The van der Waals surface area contributed by atoms with Crippen molar-refractivity contribution in [1.29, 1.82) is 0 Å². The minimum atomic E-state index is -4.53. The van der Waals surface area contributed by atoms with Crippen LogP contribution in [0.3, 0.4) is 0 Å². The van der Waals surface area contributed by atoms with Gasteiger partial charge in [-0.3, -0.25) is 4.79 Å². The van der Waals surface area contributed by atoms with Crippen LogP contribution in [-0.2, 0) is 20.7 Å². The predicted molar refractivity (Wildman–Crippen MR) is 162 cm³/mol. The highest BCUT2D eigenvalue weighted by Gasteiger charge is 2.54. The summed E-state index contributed by atoms with van der Waals surface area (Å²) in [5, 5.41) is 1.33. The molecule has 1 N–H and O–H groups in total. The predicted octanol–water partition coefficient (Wildman–Crippen LogP) is 5.91. The molecule has 11 heteroatoms. The van der Waals surface area contributed by atoms with E-state index in [0.29, 0.717) is 41.3 Å². The zero-order valence-corrected chi connectivity index (χ0v) is 26.5. The van der Waals surface area contributed by atoms with Gasteiger partial charge in [0.25, 0.3) is 5.92 Å². The van der Waals surface area contributed by atoms with E-state index in [2.05, 4.69) is 25.6 Å². The summed E-state index contributed by atoms with van der Waals surface area (Å²) >= 11 is 3.25. The van der Waals surface area contributed by atoms with Gasteiger partial charge in [0.05, 0.1) is 11.0 Å². The summed E-state index contributed by atoms with van der Waals surface area (Å²) < 4.78 is 68.4. The number of benzene rings is 3. The number of amides is 1. The molecule has 0 aromatic heterocycles. The molecular formula is C31H36BrF2N3O4S. The number of carbonyl (C=O) groups is 1. The summed E-state index contributed by atoms with van der Waals surface area (Å²) in [6, 6.07) is 12.4. The van der Waals surface area contributed by atoms with E-state index in [-0.39, 0.29) is 29.1 Å². The number of carbonyl (C=O) groups excluding carboxylic acids is 1. The number of nitrogens with zero attached hydrogens (tertiary/aromatic N) is 2. The number of sulfonamides is 1. The van der Waals surface area contributed by atoms with Crippen molar-refractivity contribution in [3.8, 4) is 5.75 Å². The quantitative estimate of drug-likeness (QED) is 0.308. The molecule has 0 aliphatic carbocycles. The monoisotopic (exact) mass is 663 g/mol. The molecule has 1 amide bonds. The fourth-order valence-electron chi connectivity index (χ4n) is 6.13. The SMILES string of the molecule is CC(C)Oc1ccc2cc(S(=O)(=O)N[C@H](C(=O)N3C4CCC3CC(N(C)C)C4)C(F)(F)c3ccc(Br)cc3)ccc2c1. The molecule has 3 aromatic carbocycles. The standard InChI is InChI=1S/C31H36BrF2N3O4S/c1-19(2)41-27-13-5-21-16-28(14-6-20(21)15-27)42(39,40)35-29(31(33,34)22-7-9-23(32)10-8-22)30(38)37-24-11-12-25(37)18-26(17-24)36(3)4/h5-10,13-16,19,24-26,29,35H,11-12,17-18H2,1-4H3/t24?,25?,26?,29-/m1/s1. The molecular weight excluding hydrogens is 628 g/mol. The van der Waals surface area contributed by atoms with Crippen LogP contribution in [0.25, 0.3) is 10.8 Å². The number of rotatable bonds is 9. The fourth-order valence-corrected chi connectivity index (χ4v) is 7.62. The Morgan fingerprint density at radius 3 is 2.19 bits per heavy atom. The van der Waals surface area contributed by atoms with Gasteiger partial charge < -0.3 is 14.5 Å². The van der Waals surface area contributed by atoms with E-state index >= 15 is 8.78 Å². The lowest BCUT2D eigenvalue weighted by molar-refractivity contribution is -0.149. The van der Waals surface area contributed by atoms with Gasteiger partial charge in [-0.25, -0.2) is 8.42 Å². The summed E-state index contributed by atoms with van der Waals surface area (Å²) in [6.45, 7) is 3.81. The third kappa shape index (κ3) is 6.20. The van der Waals surface area contributed by atoms with Crippen LogP contribution in [0.5, 0.6) is 5.75 Å². The molecule has 2 saturated heterocycles. The van der Waals surface area contributed by atoms with Gasteiger partial charge in [0.1, 0.15) is 5.75 Å². The molecule has 2 bridgehead atoms. The van der Waals surface area contributed by atoms with E-state index in [1.807, 2.05) is 27.9 Å². The molecule has 2 aliphatic rings. The Balaban J connectivity index is 1.50. The summed E-state index contributed by atoms with van der Waals surface area (Å²) in [7, 11) is -0.580. The zero-order valence-electron chi connectivity index (χ0n) is 24.1. The van der Waals surface area contributed by atoms with Crippen molar-refractivity contribution in [1.82, 2.24) is 14.5 Å². The number of piperidine rings is 1. The lowest BCUT2D eigenvalue weighted by Gasteiger charge is -2.43. The minimum Gasteiger partial charge on any atom is -0.491 e. The first-order valence-electron chi connectivity index (χ1n) is 14.1. The van der Waals surface area contributed by atoms with Crippen molar-refractivity contribution in [2.75, 3.05) is 14.1 Å².